The predicted octanol–water partition coefficient (Wildman–Crippen LogP) is -7.21. The van der Waals surface area contributed by atoms with Gasteiger partial charge in [0.15, 0.2) is 25.0 Å². The van der Waals surface area contributed by atoms with E-state index in [1.165, 1.54) is 0 Å². The first-order chi connectivity index (χ1) is 19.2. The van der Waals surface area contributed by atoms with Crippen molar-refractivity contribution in [1.29, 1.82) is 0 Å². The summed E-state index contributed by atoms with van der Waals surface area (Å²) >= 11 is 0. The van der Waals surface area contributed by atoms with Crippen molar-refractivity contribution in [2.75, 3.05) is 19.8 Å². The molecule has 0 amide bonds. The highest BCUT2D eigenvalue weighted by Gasteiger charge is 2.58. The van der Waals surface area contributed by atoms with Crippen molar-refractivity contribution in [3.8, 4) is 0 Å². The lowest BCUT2D eigenvalue weighted by Gasteiger charge is -2.50. The van der Waals surface area contributed by atoms with Gasteiger partial charge in [0.25, 0.3) is 5.79 Å². The molecule has 0 aromatic rings. The first-order valence-electron chi connectivity index (χ1n) is 12.7. The van der Waals surface area contributed by atoms with Crippen LogP contribution in [0.3, 0.4) is 0 Å². The number of nitrogens with two attached hydrogens (primary N) is 3. The second kappa shape index (κ2) is 13.8. The fraction of sp³-hybridized carbons (Fsp3) is 0.909. The molecule has 19 heteroatoms. The van der Waals surface area contributed by atoms with Gasteiger partial charge >= 0.3 is 11.9 Å². The maximum atomic E-state index is 11.7. The Morgan fingerprint density at radius 3 is 1.85 bits per heavy atom. The Bertz CT molecular complexity index is 901. The molecule has 0 aromatic heterocycles. The number of carbonyl (C=O) groups excluding carboxylic acids is 2. The van der Waals surface area contributed by atoms with Crippen LogP contribution in [-0.2, 0) is 42.7 Å². The number of hydrogen-bond acceptors (Lipinski definition) is 19. The van der Waals surface area contributed by atoms with Gasteiger partial charge in [0.1, 0.15) is 49.3 Å². The van der Waals surface area contributed by atoms with Gasteiger partial charge in [0.2, 0.25) is 0 Å². The number of ether oxygens (including phenoxy) is 7. The Labute approximate surface area is 233 Å². The summed E-state index contributed by atoms with van der Waals surface area (Å²) in [4.78, 5) is 23.3. The van der Waals surface area contributed by atoms with Crippen LogP contribution in [-0.4, -0.2) is 159 Å². The molecule has 3 rings (SSSR count). The normalized spacial score (nSPS) is 47.0. The summed E-state index contributed by atoms with van der Waals surface area (Å²) in [6.07, 6.45) is -17.4. The van der Waals surface area contributed by atoms with E-state index in [0.29, 0.717) is 0 Å². The number of aliphatic hydroxyl groups is 7. The summed E-state index contributed by atoms with van der Waals surface area (Å²) in [6, 6.07) is -4.29. The quantitative estimate of drug-likeness (QED) is 0.110. The van der Waals surface area contributed by atoms with Crippen LogP contribution in [0.4, 0.5) is 0 Å². The zero-order valence-corrected chi connectivity index (χ0v) is 22.2. The summed E-state index contributed by atoms with van der Waals surface area (Å²) in [5.74, 6) is -4.25. The molecule has 3 saturated heterocycles. The van der Waals surface area contributed by atoms with E-state index in [1.54, 1.807) is 0 Å². The number of carbonyl (C=O) groups is 2. The van der Waals surface area contributed by atoms with Gasteiger partial charge in [-0.3, -0.25) is 9.59 Å². The average molecular weight is 602 g/mol. The third kappa shape index (κ3) is 6.95. The Hall–Kier alpha value is -1.66. The molecular weight excluding hydrogens is 562 g/mol. The Morgan fingerprint density at radius 1 is 0.756 bits per heavy atom. The van der Waals surface area contributed by atoms with Gasteiger partial charge in [-0.05, 0) is 0 Å². The average Bonchev–Trinajstić information content (AvgIpc) is 2.92. The first-order valence-corrected chi connectivity index (χ1v) is 12.7. The number of hydrogen-bond donors (Lipinski definition) is 10. The molecule has 0 bridgehead atoms. The Balaban J connectivity index is 1.81. The van der Waals surface area contributed by atoms with E-state index in [9.17, 15) is 45.3 Å². The van der Waals surface area contributed by atoms with Crippen molar-refractivity contribution < 1.29 is 78.5 Å². The molecule has 3 aliphatic heterocycles. The van der Waals surface area contributed by atoms with Gasteiger partial charge in [-0.25, -0.2) is 0 Å². The molecular formula is C22H39N3O16. The highest BCUT2D eigenvalue weighted by Crippen LogP contribution is 2.35. The van der Waals surface area contributed by atoms with Crippen LogP contribution in [0.1, 0.15) is 13.8 Å². The lowest BCUT2D eigenvalue weighted by Crippen LogP contribution is -2.72. The second-order valence-electron chi connectivity index (χ2n) is 9.96. The fourth-order valence-corrected chi connectivity index (χ4v) is 4.86. The third-order valence-corrected chi connectivity index (χ3v) is 7.01. The molecule has 41 heavy (non-hydrogen) atoms. The largest absolute Gasteiger partial charge is 0.458 e. The maximum Gasteiger partial charge on any atom is 0.305 e. The van der Waals surface area contributed by atoms with E-state index in [-0.39, 0.29) is 0 Å². The third-order valence-electron chi connectivity index (χ3n) is 7.01. The topological polar surface area (TPSA) is 318 Å². The molecule has 238 valence electrons. The van der Waals surface area contributed by atoms with Gasteiger partial charge < -0.3 is 86.1 Å². The van der Waals surface area contributed by atoms with Gasteiger partial charge in [-0.15, -0.1) is 0 Å². The molecule has 0 spiro atoms. The summed E-state index contributed by atoms with van der Waals surface area (Å²) in [6.45, 7) is -0.604. The maximum absolute atomic E-state index is 11.7. The highest BCUT2D eigenvalue weighted by molar-refractivity contribution is 5.66. The monoisotopic (exact) mass is 601 g/mol. The highest BCUT2D eigenvalue weighted by atomic mass is 16.8. The van der Waals surface area contributed by atoms with Crippen molar-refractivity contribution in [2.45, 2.75) is 105 Å². The fourth-order valence-electron chi connectivity index (χ4n) is 4.86. The van der Waals surface area contributed by atoms with Crippen molar-refractivity contribution >= 4 is 11.9 Å². The molecule has 19 nitrogen and oxygen atoms in total. The predicted molar refractivity (Wildman–Crippen MR) is 127 cm³/mol. The molecule has 0 aromatic carbocycles. The minimum atomic E-state index is -2.48. The minimum absolute atomic E-state index is 0.716. The summed E-state index contributed by atoms with van der Waals surface area (Å²) in [5, 5.41) is 71.5. The van der Waals surface area contributed by atoms with Crippen LogP contribution in [0.15, 0.2) is 0 Å². The molecule has 13 N–H and O–H groups in total. The van der Waals surface area contributed by atoms with Crippen LogP contribution in [0.2, 0.25) is 0 Å². The molecule has 3 heterocycles. The summed E-state index contributed by atoms with van der Waals surface area (Å²) in [5.41, 5.74) is 18.0. The molecule has 0 saturated carbocycles. The second-order valence-corrected chi connectivity index (χ2v) is 9.96. The van der Waals surface area contributed by atoms with Gasteiger partial charge in [-0.1, -0.05) is 0 Å². The Kier molecular flexibility index (Phi) is 11.4. The van der Waals surface area contributed by atoms with Gasteiger partial charge in [0, 0.05) is 13.8 Å². The Morgan fingerprint density at radius 2 is 1.32 bits per heavy atom. The number of esters is 2. The standard InChI is InChI=1S/C22H39N3O16/c1-6(29)35-17-12(25)19(34)36-9(4-27)16(17)39-20-10(23)13(31)15(8(3-26)37-20)38-21-11(24)14(32)18(33)22(5-28,41-21)40-7(2)30/h8-21,26-28,31-34H,3-5,23-25H2,1-2H3/t8-,9-,10-,11-,12-,13-,14-,15?,16?,17-,18+,19-,20+,21+,22+/m1/s1. The van der Waals surface area contributed by atoms with E-state index in [2.05, 4.69) is 0 Å². The van der Waals surface area contributed by atoms with Crippen LogP contribution in [0.25, 0.3) is 0 Å². The molecule has 2 unspecified atom stereocenters. The number of rotatable bonds is 9. The summed E-state index contributed by atoms with van der Waals surface area (Å²) < 4.78 is 38.0. The molecule has 15 atom stereocenters. The molecule has 0 aliphatic carbocycles. The van der Waals surface area contributed by atoms with Crippen molar-refractivity contribution in [1.82, 2.24) is 0 Å². The van der Waals surface area contributed by atoms with Crippen LogP contribution >= 0.6 is 0 Å². The van der Waals surface area contributed by atoms with Gasteiger partial charge in [-0.2, -0.15) is 0 Å². The first kappa shape index (κ1) is 33.8. The lowest BCUT2D eigenvalue weighted by atomic mass is 9.93. The van der Waals surface area contributed by atoms with E-state index < -0.39 is 123 Å². The van der Waals surface area contributed by atoms with Crippen molar-refractivity contribution in [3.63, 3.8) is 0 Å². The molecule has 3 fully saturated rings. The van der Waals surface area contributed by atoms with E-state index in [0.717, 1.165) is 13.8 Å². The van der Waals surface area contributed by atoms with Crippen molar-refractivity contribution in [3.05, 3.63) is 0 Å². The lowest BCUT2D eigenvalue weighted by molar-refractivity contribution is -0.399. The zero-order valence-electron chi connectivity index (χ0n) is 22.2. The SMILES string of the molecule is CC(=O)O[C@H]1C(O[C@@H]2O[C@H](CO)C(O[C@H]3O[C@](CO)(OC(C)=O)[C@@H](O)[C@H](O)[C@H]3N)[C@H](O)[C@H]2N)[C@@H](CO)O[C@@H](O)[C@@H]1N. The minimum Gasteiger partial charge on any atom is -0.458 e. The van der Waals surface area contributed by atoms with Crippen LogP contribution in [0, 0.1) is 0 Å². The smallest absolute Gasteiger partial charge is 0.305 e. The van der Waals surface area contributed by atoms with Crippen LogP contribution < -0.4 is 17.2 Å². The molecule has 0 radical (unpaired) electrons. The zero-order chi connectivity index (χ0) is 30.8. The van der Waals surface area contributed by atoms with Crippen LogP contribution in [0.5, 0.6) is 0 Å². The molecule has 3 aliphatic rings. The van der Waals surface area contributed by atoms with E-state index in [1.807, 2.05) is 0 Å². The van der Waals surface area contributed by atoms with E-state index in [4.69, 9.17) is 50.4 Å². The van der Waals surface area contributed by atoms with Crippen molar-refractivity contribution in [2.24, 2.45) is 17.2 Å². The summed E-state index contributed by atoms with van der Waals surface area (Å²) in [7, 11) is 0. The van der Waals surface area contributed by atoms with Gasteiger partial charge in [0.05, 0.1) is 31.3 Å². The number of aliphatic hydroxyl groups excluding tert-OH is 7. The van der Waals surface area contributed by atoms with E-state index >= 15 is 0 Å².